The summed E-state index contributed by atoms with van der Waals surface area (Å²) in [5.41, 5.74) is 4.95. The highest BCUT2D eigenvalue weighted by Gasteiger charge is 2.17. The lowest BCUT2D eigenvalue weighted by molar-refractivity contribution is 0.101. The third-order valence-corrected chi connectivity index (χ3v) is 5.58. The van der Waals surface area contributed by atoms with E-state index < -0.39 is 11.5 Å². The van der Waals surface area contributed by atoms with Gasteiger partial charge in [0.2, 0.25) is 0 Å². The van der Waals surface area contributed by atoms with Crippen molar-refractivity contribution in [3.8, 4) is 22.6 Å². The number of amides is 1. The van der Waals surface area contributed by atoms with Gasteiger partial charge in [-0.1, -0.05) is 12.1 Å². The molecule has 0 radical (unpaired) electrons. The summed E-state index contributed by atoms with van der Waals surface area (Å²) in [6, 6.07) is 12.5. The van der Waals surface area contributed by atoms with Gasteiger partial charge >= 0.3 is 0 Å². The van der Waals surface area contributed by atoms with Crippen LogP contribution in [0.2, 0.25) is 0 Å². The number of ether oxygens (including phenoxy) is 2. The molecule has 0 spiro atoms. The summed E-state index contributed by atoms with van der Waals surface area (Å²) in [5, 5.41) is 4.63. The molecule has 168 valence electrons. The topological polar surface area (TPSA) is 99.8 Å². The molecule has 34 heavy (non-hydrogen) atoms. The lowest BCUT2D eigenvalue weighted by Gasteiger charge is -2.18. The van der Waals surface area contributed by atoms with Crippen molar-refractivity contribution in [3.63, 3.8) is 0 Å². The van der Waals surface area contributed by atoms with Gasteiger partial charge in [-0.2, -0.15) is 5.10 Å². The number of hydrogen-bond acceptors (Lipinski definition) is 6. The van der Waals surface area contributed by atoms with Gasteiger partial charge < -0.3 is 9.47 Å². The van der Waals surface area contributed by atoms with Crippen molar-refractivity contribution in [1.29, 1.82) is 0 Å². The molecule has 0 saturated heterocycles. The Labute approximate surface area is 191 Å². The first-order chi connectivity index (χ1) is 16.6. The number of nitrogens with zero attached hydrogens (tertiary/aromatic N) is 4. The quantitative estimate of drug-likeness (QED) is 0.447. The lowest BCUT2D eigenvalue weighted by Crippen LogP contribution is -2.33. The molecule has 9 nitrogen and oxygen atoms in total. The van der Waals surface area contributed by atoms with Crippen LogP contribution >= 0.6 is 0 Å². The van der Waals surface area contributed by atoms with E-state index in [1.807, 2.05) is 0 Å². The summed E-state index contributed by atoms with van der Waals surface area (Å²) >= 11 is 0. The number of carbonyl (C=O) groups is 1. The van der Waals surface area contributed by atoms with Gasteiger partial charge in [-0.25, -0.2) is 18.6 Å². The van der Waals surface area contributed by atoms with Crippen molar-refractivity contribution in [2.75, 3.05) is 18.6 Å². The van der Waals surface area contributed by atoms with Crippen LogP contribution in [0.5, 0.6) is 11.5 Å². The van der Waals surface area contributed by atoms with Crippen LogP contribution in [0.15, 0.2) is 71.9 Å². The molecule has 1 N–H and O–H groups in total. The number of pyridine rings is 1. The molecule has 10 heteroatoms. The molecule has 3 aromatic heterocycles. The van der Waals surface area contributed by atoms with Crippen molar-refractivity contribution in [3.05, 3.63) is 88.9 Å². The normalized spacial score (nSPS) is 12.7. The van der Waals surface area contributed by atoms with Crippen molar-refractivity contribution in [2.24, 2.45) is 0 Å². The van der Waals surface area contributed by atoms with E-state index >= 15 is 0 Å². The summed E-state index contributed by atoms with van der Waals surface area (Å²) in [6.07, 6.45) is 4.51. The molecular formula is C24H16FN5O4. The molecule has 4 heterocycles. The molecule has 0 bridgehead atoms. The van der Waals surface area contributed by atoms with Crippen molar-refractivity contribution < 1.29 is 18.7 Å². The second-order valence-electron chi connectivity index (χ2n) is 7.65. The third-order valence-electron chi connectivity index (χ3n) is 5.58. The zero-order valence-corrected chi connectivity index (χ0v) is 17.6. The zero-order chi connectivity index (χ0) is 23.2. The highest BCUT2D eigenvalue weighted by atomic mass is 19.1. The van der Waals surface area contributed by atoms with E-state index in [0.717, 1.165) is 10.2 Å². The van der Waals surface area contributed by atoms with Crippen LogP contribution in [0, 0.1) is 5.82 Å². The molecular weight excluding hydrogens is 441 g/mol. The van der Waals surface area contributed by atoms with Crippen LogP contribution in [0.3, 0.4) is 0 Å². The maximum Gasteiger partial charge on any atom is 0.280 e. The van der Waals surface area contributed by atoms with E-state index in [4.69, 9.17) is 9.47 Å². The molecule has 0 unspecified atom stereocenters. The standard InChI is InChI=1S/C24H16FN5O4/c25-16-4-1-14(2-5-16)17-13-27-30-19-7-8-29(24(32)18(19)12-26-22(17)30)28-23(31)15-3-6-20-21(11-15)34-10-9-33-20/h1-8,11-13H,9-10H2,(H,28,31). The fourth-order valence-electron chi connectivity index (χ4n) is 3.90. The number of nitrogens with one attached hydrogen (secondary N) is 1. The third kappa shape index (κ3) is 3.24. The van der Waals surface area contributed by atoms with Gasteiger partial charge in [-0.05, 0) is 42.0 Å². The second kappa shape index (κ2) is 7.69. The van der Waals surface area contributed by atoms with E-state index in [1.165, 1.54) is 24.5 Å². The fourth-order valence-corrected chi connectivity index (χ4v) is 3.90. The molecule has 6 rings (SSSR count). The Bertz CT molecular complexity index is 1640. The number of rotatable bonds is 3. The Morgan fingerprint density at radius 2 is 1.79 bits per heavy atom. The summed E-state index contributed by atoms with van der Waals surface area (Å²) in [5.74, 6) is 0.231. The number of benzene rings is 2. The number of fused-ring (bicyclic) bond motifs is 4. The van der Waals surface area contributed by atoms with Crippen LogP contribution in [0.4, 0.5) is 4.39 Å². The smallest absolute Gasteiger partial charge is 0.280 e. The molecule has 1 amide bonds. The van der Waals surface area contributed by atoms with Gasteiger partial charge in [0, 0.05) is 23.5 Å². The summed E-state index contributed by atoms with van der Waals surface area (Å²) in [7, 11) is 0. The van der Waals surface area contributed by atoms with E-state index in [9.17, 15) is 14.0 Å². The minimum Gasteiger partial charge on any atom is -0.486 e. The molecule has 2 aromatic carbocycles. The van der Waals surface area contributed by atoms with Crippen LogP contribution in [0.25, 0.3) is 27.7 Å². The number of aromatic nitrogens is 4. The number of halogens is 1. The van der Waals surface area contributed by atoms with Gasteiger partial charge in [0.1, 0.15) is 19.0 Å². The molecule has 0 atom stereocenters. The molecule has 5 aromatic rings. The molecule has 1 aliphatic heterocycles. The lowest BCUT2D eigenvalue weighted by atomic mass is 10.1. The fraction of sp³-hybridized carbons (Fsp3) is 0.0833. The van der Waals surface area contributed by atoms with Gasteiger partial charge in [-0.15, -0.1) is 0 Å². The molecule has 0 fully saturated rings. The maximum absolute atomic E-state index is 13.3. The Kier molecular flexibility index (Phi) is 4.51. The number of hydrogen-bond donors (Lipinski definition) is 1. The Hall–Kier alpha value is -4.73. The first kappa shape index (κ1) is 19.9. The number of carbonyl (C=O) groups excluding carboxylic acids is 1. The highest BCUT2D eigenvalue weighted by Crippen LogP contribution is 2.30. The van der Waals surface area contributed by atoms with Crippen LogP contribution < -0.4 is 20.5 Å². The molecule has 0 aliphatic carbocycles. The monoisotopic (exact) mass is 457 g/mol. The van der Waals surface area contributed by atoms with Crippen molar-refractivity contribution in [2.45, 2.75) is 0 Å². The first-order valence-electron chi connectivity index (χ1n) is 10.4. The average molecular weight is 457 g/mol. The van der Waals surface area contributed by atoms with Crippen LogP contribution in [0.1, 0.15) is 10.4 Å². The maximum atomic E-state index is 13.3. The largest absolute Gasteiger partial charge is 0.486 e. The predicted octanol–water partition coefficient (Wildman–Crippen LogP) is 3.01. The minimum atomic E-state index is -0.481. The Morgan fingerprint density at radius 1 is 1.00 bits per heavy atom. The molecule has 0 saturated carbocycles. The van der Waals surface area contributed by atoms with Crippen molar-refractivity contribution >= 4 is 22.5 Å². The summed E-state index contributed by atoms with van der Waals surface area (Å²) < 4.78 is 26.9. The van der Waals surface area contributed by atoms with E-state index in [0.29, 0.717) is 47.0 Å². The molecule has 1 aliphatic rings. The van der Waals surface area contributed by atoms with E-state index in [2.05, 4.69) is 15.5 Å². The van der Waals surface area contributed by atoms with Gasteiger partial charge in [0.25, 0.3) is 11.5 Å². The second-order valence-corrected chi connectivity index (χ2v) is 7.65. The van der Waals surface area contributed by atoms with Gasteiger partial charge in [0.05, 0.1) is 17.1 Å². The van der Waals surface area contributed by atoms with Crippen LogP contribution in [-0.2, 0) is 0 Å². The van der Waals surface area contributed by atoms with Crippen molar-refractivity contribution in [1.82, 2.24) is 19.3 Å². The average Bonchev–Trinajstić information content (AvgIpc) is 3.30. The van der Waals surface area contributed by atoms with E-state index in [-0.39, 0.29) is 11.2 Å². The zero-order valence-electron chi connectivity index (χ0n) is 17.6. The Morgan fingerprint density at radius 3 is 2.62 bits per heavy atom. The predicted molar refractivity (Wildman–Crippen MR) is 121 cm³/mol. The minimum absolute atomic E-state index is 0.270. The van der Waals surface area contributed by atoms with Gasteiger partial charge in [0.15, 0.2) is 17.1 Å². The SMILES string of the molecule is O=C(Nn1ccc2c(cnc3c(-c4ccc(F)cc4)cnn32)c1=O)c1ccc2c(c1)OCCO2. The van der Waals surface area contributed by atoms with Crippen LogP contribution in [-0.4, -0.2) is 38.4 Å². The summed E-state index contributed by atoms with van der Waals surface area (Å²) in [4.78, 5) is 30.2. The Balaban J connectivity index is 1.35. The van der Waals surface area contributed by atoms with Gasteiger partial charge in [-0.3, -0.25) is 15.0 Å². The summed E-state index contributed by atoms with van der Waals surface area (Å²) in [6.45, 7) is 0.855. The highest BCUT2D eigenvalue weighted by molar-refractivity contribution is 6.00. The van der Waals surface area contributed by atoms with E-state index in [1.54, 1.807) is 47.1 Å². The first-order valence-corrected chi connectivity index (χ1v) is 10.4.